The number of nitrogens with one attached hydrogen (secondary N) is 1. The van der Waals surface area contributed by atoms with E-state index in [4.69, 9.17) is 4.74 Å². The highest BCUT2D eigenvalue weighted by atomic mass is 16.5. The fourth-order valence-corrected chi connectivity index (χ4v) is 2.64. The van der Waals surface area contributed by atoms with Crippen LogP contribution in [0.25, 0.3) is 0 Å². The Hall–Kier alpha value is -2.21. The number of benzene rings is 1. The van der Waals surface area contributed by atoms with Gasteiger partial charge >= 0.3 is 0 Å². The number of likely N-dealkylation sites (tertiary alicyclic amines) is 1. The van der Waals surface area contributed by atoms with E-state index in [0.29, 0.717) is 45.4 Å². The summed E-state index contributed by atoms with van der Waals surface area (Å²) in [4.78, 5) is 24.9. The number of carbonyl (C=O) groups is 2. The van der Waals surface area contributed by atoms with Crippen molar-refractivity contribution in [3.8, 4) is 0 Å². The van der Waals surface area contributed by atoms with Crippen molar-refractivity contribution in [1.82, 2.24) is 10.3 Å². The van der Waals surface area contributed by atoms with Gasteiger partial charge in [-0.3, -0.25) is 9.59 Å². The van der Waals surface area contributed by atoms with E-state index in [1.54, 1.807) is 0 Å². The fraction of sp³-hybridized carbons (Fsp3) is 0.471. The van der Waals surface area contributed by atoms with Crippen molar-refractivity contribution in [1.29, 1.82) is 0 Å². The van der Waals surface area contributed by atoms with E-state index in [2.05, 4.69) is 10.5 Å². The third kappa shape index (κ3) is 4.39. The molecule has 1 fully saturated rings. The third-order valence-corrected chi connectivity index (χ3v) is 4.14. The highest BCUT2D eigenvalue weighted by Gasteiger charge is 2.31. The highest BCUT2D eigenvalue weighted by Crippen LogP contribution is 2.16. The Morgan fingerprint density at radius 3 is 2.74 bits per heavy atom. The van der Waals surface area contributed by atoms with Gasteiger partial charge in [0.05, 0.1) is 12.7 Å². The van der Waals surface area contributed by atoms with Gasteiger partial charge in [0.15, 0.2) is 0 Å². The van der Waals surface area contributed by atoms with Gasteiger partial charge in [-0.25, -0.2) is 5.43 Å². The summed E-state index contributed by atoms with van der Waals surface area (Å²) in [7, 11) is 0. The average Bonchev–Trinajstić information content (AvgIpc) is 2.54. The molecule has 2 aliphatic heterocycles. The van der Waals surface area contributed by atoms with Gasteiger partial charge < -0.3 is 9.64 Å². The Bertz CT molecular complexity index is 594. The molecule has 1 aromatic rings. The molecule has 0 aliphatic carbocycles. The lowest BCUT2D eigenvalue weighted by atomic mass is 10.1. The third-order valence-electron chi connectivity index (χ3n) is 4.14. The molecule has 2 amide bonds. The molecular weight excluding hydrogens is 294 g/mol. The van der Waals surface area contributed by atoms with E-state index in [-0.39, 0.29) is 17.9 Å². The van der Waals surface area contributed by atoms with Gasteiger partial charge in [0.2, 0.25) is 11.8 Å². The monoisotopic (exact) mass is 315 g/mol. The Morgan fingerprint density at radius 1 is 1.26 bits per heavy atom. The molecule has 0 bridgehead atoms. The molecule has 1 saturated heterocycles. The van der Waals surface area contributed by atoms with Gasteiger partial charge in [0.1, 0.15) is 0 Å². The van der Waals surface area contributed by atoms with E-state index in [0.717, 1.165) is 11.3 Å². The lowest BCUT2D eigenvalue weighted by Gasteiger charge is -2.39. The average molecular weight is 315 g/mol. The van der Waals surface area contributed by atoms with Crippen molar-refractivity contribution in [3.63, 3.8) is 0 Å². The van der Waals surface area contributed by atoms with Crippen LogP contribution in [0.4, 0.5) is 0 Å². The number of ether oxygens (including phenoxy) is 1. The summed E-state index contributed by atoms with van der Waals surface area (Å²) >= 11 is 0. The minimum Gasteiger partial charge on any atom is -0.370 e. The number of rotatable bonds is 6. The number of hydrogen-bond acceptors (Lipinski definition) is 4. The molecule has 1 aromatic carbocycles. The first-order valence-corrected chi connectivity index (χ1v) is 7.98. The van der Waals surface area contributed by atoms with Crippen molar-refractivity contribution in [2.75, 3.05) is 13.1 Å². The van der Waals surface area contributed by atoms with Crippen LogP contribution in [0, 0.1) is 0 Å². The quantitative estimate of drug-likeness (QED) is 0.864. The maximum atomic E-state index is 12.1. The van der Waals surface area contributed by atoms with Crippen molar-refractivity contribution < 1.29 is 14.3 Å². The van der Waals surface area contributed by atoms with Crippen LogP contribution in [0.15, 0.2) is 35.4 Å². The molecule has 23 heavy (non-hydrogen) atoms. The van der Waals surface area contributed by atoms with Crippen molar-refractivity contribution in [3.05, 3.63) is 35.9 Å². The molecular formula is C17H21N3O3. The van der Waals surface area contributed by atoms with Gasteiger partial charge in [0, 0.05) is 31.6 Å². The topological polar surface area (TPSA) is 71.0 Å². The molecule has 6 heteroatoms. The van der Waals surface area contributed by atoms with E-state index < -0.39 is 0 Å². The van der Waals surface area contributed by atoms with Crippen LogP contribution in [0.3, 0.4) is 0 Å². The van der Waals surface area contributed by atoms with E-state index in [1.807, 2.05) is 35.2 Å². The van der Waals surface area contributed by atoms with E-state index in [1.165, 1.54) is 0 Å². The zero-order chi connectivity index (χ0) is 16.1. The SMILES string of the molecule is O=C1CCC(CCC(=O)N2CC(OCc3ccccc3)C2)=NN1. The molecule has 3 rings (SSSR count). The molecule has 0 unspecified atom stereocenters. The lowest BCUT2D eigenvalue weighted by molar-refractivity contribution is -0.145. The number of carbonyl (C=O) groups excluding carboxylic acids is 2. The molecule has 0 atom stereocenters. The number of hydrogen-bond donors (Lipinski definition) is 1. The van der Waals surface area contributed by atoms with Crippen molar-refractivity contribution >= 4 is 17.5 Å². The highest BCUT2D eigenvalue weighted by molar-refractivity contribution is 5.94. The first kappa shape index (κ1) is 15.7. The summed E-state index contributed by atoms with van der Waals surface area (Å²) in [6, 6.07) is 10.0. The Balaban J connectivity index is 1.33. The minimum atomic E-state index is -0.0544. The summed E-state index contributed by atoms with van der Waals surface area (Å²) in [5.74, 6) is 0.0744. The second kappa shape index (κ2) is 7.37. The number of nitrogens with zero attached hydrogens (tertiary/aromatic N) is 2. The van der Waals surface area contributed by atoms with Crippen LogP contribution in [-0.2, 0) is 20.9 Å². The van der Waals surface area contributed by atoms with Crippen molar-refractivity contribution in [2.45, 2.75) is 38.4 Å². The summed E-state index contributed by atoms with van der Waals surface area (Å²) in [5, 5.41) is 3.99. The molecule has 122 valence electrons. The minimum absolute atomic E-state index is 0.0544. The van der Waals surface area contributed by atoms with Crippen LogP contribution < -0.4 is 5.43 Å². The molecule has 2 aliphatic rings. The van der Waals surface area contributed by atoms with E-state index in [9.17, 15) is 9.59 Å². The van der Waals surface area contributed by atoms with Gasteiger partial charge in [-0.15, -0.1) is 0 Å². The summed E-state index contributed by atoms with van der Waals surface area (Å²) in [6.45, 7) is 1.91. The summed E-state index contributed by atoms with van der Waals surface area (Å²) in [5.41, 5.74) is 4.50. The van der Waals surface area contributed by atoms with Crippen molar-refractivity contribution in [2.24, 2.45) is 5.10 Å². The molecule has 2 heterocycles. The second-order valence-electron chi connectivity index (χ2n) is 5.93. The van der Waals surface area contributed by atoms with Crippen LogP contribution >= 0.6 is 0 Å². The smallest absolute Gasteiger partial charge is 0.240 e. The van der Waals surface area contributed by atoms with Gasteiger partial charge in [-0.1, -0.05) is 30.3 Å². The molecule has 6 nitrogen and oxygen atoms in total. The summed E-state index contributed by atoms with van der Waals surface area (Å²) < 4.78 is 5.79. The molecule has 0 spiro atoms. The van der Waals surface area contributed by atoms with E-state index >= 15 is 0 Å². The van der Waals surface area contributed by atoms with Gasteiger partial charge in [-0.05, 0) is 18.4 Å². The normalized spacial score (nSPS) is 18.2. The lowest BCUT2D eigenvalue weighted by Crippen LogP contribution is -2.54. The maximum Gasteiger partial charge on any atom is 0.240 e. The van der Waals surface area contributed by atoms with Crippen LogP contribution in [0.1, 0.15) is 31.2 Å². The first-order chi connectivity index (χ1) is 11.2. The molecule has 0 saturated carbocycles. The number of amides is 2. The largest absolute Gasteiger partial charge is 0.370 e. The fourth-order valence-electron chi connectivity index (χ4n) is 2.64. The number of hydrazone groups is 1. The standard InChI is InChI=1S/C17H21N3O3/c21-16-8-6-14(18-19-16)7-9-17(22)20-10-15(11-20)23-12-13-4-2-1-3-5-13/h1-5,15H,6-12H2,(H,19,21). The zero-order valence-electron chi connectivity index (χ0n) is 13.0. The Kier molecular flexibility index (Phi) is 5.02. The zero-order valence-corrected chi connectivity index (χ0v) is 13.0. The predicted molar refractivity (Wildman–Crippen MR) is 85.6 cm³/mol. The van der Waals surface area contributed by atoms with Crippen LogP contribution in [0.2, 0.25) is 0 Å². The van der Waals surface area contributed by atoms with Gasteiger partial charge in [0.25, 0.3) is 0 Å². The maximum absolute atomic E-state index is 12.1. The Morgan fingerprint density at radius 2 is 2.04 bits per heavy atom. The second-order valence-corrected chi connectivity index (χ2v) is 5.93. The first-order valence-electron chi connectivity index (χ1n) is 7.98. The Labute approximate surface area is 135 Å². The van der Waals surface area contributed by atoms with Gasteiger partial charge in [-0.2, -0.15) is 5.10 Å². The predicted octanol–water partition coefficient (Wildman–Crippen LogP) is 1.46. The van der Waals surface area contributed by atoms with Crippen LogP contribution in [-0.4, -0.2) is 41.6 Å². The molecule has 1 N–H and O–H groups in total. The molecule has 0 radical (unpaired) electrons. The summed E-state index contributed by atoms with van der Waals surface area (Å²) in [6.07, 6.45) is 2.31. The molecule has 0 aromatic heterocycles. The van der Waals surface area contributed by atoms with Crippen LogP contribution in [0.5, 0.6) is 0 Å².